The van der Waals surface area contributed by atoms with Crippen molar-refractivity contribution in [2.45, 2.75) is 31.5 Å². The zero-order valence-electron chi connectivity index (χ0n) is 19.8. The molecular weight excluding hydrogens is 460 g/mol. The van der Waals surface area contributed by atoms with Gasteiger partial charge >= 0.3 is 5.69 Å². The zero-order valence-corrected chi connectivity index (χ0v) is 19.8. The molecule has 0 saturated carbocycles. The number of aromatic nitrogens is 2. The Morgan fingerprint density at radius 2 is 1.71 bits per heavy atom. The second kappa shape index (κ2) is 10.9. The van der Waals surface area contributed by atoms with Gasteiger partial charge < -0.3 is 19.5 Å². The van der Waals surface area contributed by atoms with Gasteiger partial charge in [0.25, 0.3) is 5.56 Å². The quantitative estimate of drug-likeness (QED) is 0.498. The first-order valence-corrected chi connectivity index (χ1v) is 11.5. The Bertz CT molecular complexity index is 1300. The van der Waals surface area contributed by atoms with Crippen molar-refractivity contribution in [2.75, 3.05) is 40.7 Å². The minimum atomic E-state index is -1.25. The molecule has 0 radical (unpaired) electrons. The molecule has 188 valence electrons. The van der Waals surface area contributed by atoms with Gasteiger partial charge in [-0.25, -0.2) is 13.6 Å². The third-order valence-electron chi connectivity index (χ3n) is 6.25. The molecule has 0 bridgehead atoms. The Balaban J connectivity index is 1.87. The molecule has 0 aliphatic carbocycles. The lowest BCUT2D eigenvalue weighted by Crippen LogP contribution is -2.43. The van der Waals surface area contributed by atoms with Crippen LogP contribution in [-0.4, -0.2) is 55.9 Å². The maximum Gasteiger partial charge on any atom is 0.332 e. The van der Waals surface area contributed by atoms with E-state index in [4.69, 9.17) is 14.2 Å². The highest BCUT2D eigenvalue weighted by atomic mass is 19.1. The van der Waals surface area contributed by atoms with E-state index < -0.39 is 30.7 Å². The van der Waals surface area contributed by atoms with Gasteiger partial charge in [0, 0.05) is 6.04 Å². The summed E-state index contributed by atoms with van der Waals surface area (Å²) in [6.45, 7) is -0.465. The van der Waals surface area contributed by atoms with Gasteiger partial charge in [0.05, 0.1) is 31.7 Å². The third kappa shape index (κ3) is 5.02. The molecule has 2 aromatic carbocycles. The number of hydrogen-bond donors (Lipinski definition) is 1. The standard InChI is InChI=1S/C25H29F2N3O5/c1-33-22-6-3-16(11-23(22)34-2)15-29-24(31)20-12-18(35-19(13-26)14-27)4-5-21(20)30(25(29)32)17-7-9-28-10-8-17/h3-6,11-12,17,19,28H,7-10,13-15H2,1-2H3. The van der Waals surface area contributed by atoms with Crippen LogP contribution in [0.15, 0.2) is 46.0 Å². The van der Waals surface area contributed by atoms with Crippen molar-refractivity contribution in [3.05, 3.63) is 62.8 Å². The Hall–Kier alpha value is -3.40. The average molecular weight is 490 g/mol. The Kier molecular flexibility index (Phi) is 7.70. The molecule has 0 spiro atoms. The Morgan fingerprint density at radius 1 is 1.00 bits per heavy atom. The van der Waals surface area contributed by atoms with Crippen molar-refractivity contribution in [1.82, 2.24) is 14.5 Å². The fourth-order valence-electron chi connectivity index (χ4n) is 4.45. The van der Waals surface area contributed by atoms with E-state index in [1.165, 1.54) is 30.9 Å². The Morgan fingerprint density at radius 3 is 2.37 bits per heavy atom. The summed E-state index contributed by atoms with van der Waals surface area (Å²) in [5, 5.41) is 3.53. The maximum atomic E-state index is 13.7. The van der Waals surface area contributed by atoms with E-state index in [0.29, 0.717) is 22.6 Å². The van der Waals surface area contributed by atoms with Gasteiger partial charge in [-0.05, 0) is 61.8 Å². The van der Waals surface area contributed by atoms with E-state index in [9.17, 15) is 18.4 Å². The van der Waals surface area contributed by atoms with E-state index in [1.807, 2.05) is 0 Å². The van der Waals surface area contributed by atoms with Gasteiger partial charge in [-0.1, -0.05) is 6.07 Å². The number of halogens is 2. The summed E-state index contributed by atoms with van der Waals surface area (Å²) in [6, 6.07) is 9.71. The van der Waals surface area contributed by atoms with Crippen LogP contribution in [0.1, 0.15) is 24.4 Å². The highest BCUT2D eigenvalue weighted by Crippen LogP contribution is 2.28. The number of nitrogens with zero attached hydrogens (tertiary/aromatic N) is 2. The number of alkyl halides is 2. The van der Waals surface area contributed by atoms with Gasteiger partial charge in [0.2, 0.25) is 0 Å². The Labute approximate surface area is 201 Å². The lowest BCUT2D eigenvalue weighted by atomic mass is 10.1. The van der Waals surface area contributed by atoms with E-state index in [-0.39, 0.29) is 23.7 Å². The summed E-state index contributed by atoms with van der Waals surface area (Å²) in [4.78, 5) is 27.2. The first-order chi connectivity index (χ1) is 17.0. The highest BCUT2D eigenvalue weighted by Gasteiger charge is 2.23. The van der Waals surface area contributed by atoms with E-state index >= 15 is 0 Å². The second-order valence-corrected chi connectivity index (χ2v) is 8.44. The van der Waals surface area contributed by atoms with Crippen LogP contribution in [0.4, 0.5) is 8.78 Å². The number of rotatable bonds is 9. The fourth-order valence-corrected chi connectivity index (χ4v) is 4.45. The SMILES string of the molecule is COc1ccc(Cn2c(=O)c3cc(OC(CF)CF)ccc3n(C3CCNCC3)c2=O)cc1OC. The summed E-state index contributed by atoms with van der Waals surface area (Å²) in [7, 11) is 3.04. The number of hydrogen-bond acceptors (Lipinski definition) is 6. The molecule has 1 fully saturated rings. The molecule has 1 aromatic heterocycles. The van der Waals surface area contributed by atoms with Crippen molar-refractivity contribution < 1.29 is 23.0 Å². The van der Waals surface area contributed by atoms with Crippen molar-refractivity contribution >= 4 is 10.9 Å². The molecule has 1 aliphatic heterocycles. The van der Waals surface area contributed by atoms with Crippen LogP contribution in [0.3, 0.4) is 0 Å². The van der Waals surface area contributed by atoms with E-state index in [2.05, 4.69) is 5.32 Å². The monoisotopic (exact) mass is 489 g/mol. The molecule has 3 aromatic rings. The van der Waals surface area contributed by atoms with Gasteiger partial charge in [0.15, 0.2) is 17.6 Å². The lowest BCUT2D eigenvalue weighted by Gasteiger charge is -2.27. The predicted octanol–water partition coefficient (Wildman–Crippen LogP) is 2.84. The molecule has 0 unspecified atom stereocenters. The van der Waals surface area contributed by atoms with E-state index in [0.717, 1.165) is 25.9 Å². The normalized spacial score (nSPS) is 14.4. The van der Waals surface area contributed by atoms with Crippen molar-refractivity contribution in [2.24, 2.45) is 0 Å². The number of nitrogens with one attached hydrogen (secondary N) is 1. The van der Waals surface area contributed by atoms with Gasteiger partial charge in [-0.3, -0.25) is 13.9 Å². The van der Waals surface area contributed by atoms with Crippen molar-refractivity contribution in [3.8, 4) is 17.2 Å². The van der Waals surface area contributed by atoms with Gasteiger partial charge in [-0.2, -0.15) is 0 Å². The molecule has 10 heteroatoms. The second-order valence-electron chi connectivity index (χ2n) is 8.44. The molecule has 2 heterocycles. The summed E-state index contributed by atoms with van der Waals surface area (Å²) in [5.74, 6) is 1.19. The predicted molar refractivity (Wildman–Crippen MR) is 129 cm³/mol. The van der Waals surface area contributed by atoms with Crippen molar-refractivity contribution in [1.29, 1.82) is 0 Å². The molecule has 1 aliphatic rings. The number of methoxy groups -OCH3 is 2. The lowest BCUT2D eigenvalue weighted by molar-refractivity contribution is 0.134. The number of piperidine rings is 1. The highest BCUT2D eigenvalue weighted by molar-refractivity contribution is 5.80. The molecule has 4 rings (SSSR count). The van der Waals surface area contributed by atoms with Crippen LogP contribution in [0.5, 0.6) is 17.2 Å². The van der Waals surface area contributed by atoms with E-state index in [1.54, 1.807) is 28.8 Å². The number of benzene rings is 2. The summed E-state index contributed by atoms with van der Waals surface area (Å²) < 4.78 is 44.9. The topological polar surface area (TPSA) is 83.7 Å². The first kappa shape index (κ1) is 24.7. The molecule has 1 N–H and O–H groups in total. The molecule has 1 saturated heterocycles. The minimum Gasteiger partial charge on any atom is -0.493 e. The van der Waals surface area contributed by atoms with Crippen molar-refractivity contribution in [3.63, 3.8) is 0 Å². The molecule has 8 nitrogen and oxygen atoms in total. The molecule has 0 amide bonds. The van der Waals surface area contributed by atoms with Crippen LogP contribution in [0.25, 0.3) is 10.9 Å². The number of ether oxygens (including phenoxy) is 3. The largest absolute Gasteiger partial charge is 0.493 e. The third-order valence-corrected chi connectivity index (χ3v) is 6.25. The summed E-state index contributed by atoms with van der Waals surface area (Å²) >= 11 is 0. The van der Waals surface area contributed by atoms with Crippen LogP contribution >= 0.6 is 0 Å². The average Bonchev–Trinajstić information content (AvgIpc) is 2.90. The van der Waals surface area contributed by atoms with Gasteiger partial charge in [0.1, 0.15) is 19.1 Å². The van der Waals surface area contributed by atoms with Crippen LogP contribution in [0.2, 0.25) is 0 Å². The molecule has 0 atom stereocenters. The first-order valence-electron chi connectivity index (χ1n) is 11.5. The van der Waals surface area contributed by atoms with Gasteiger partial charge in [-0.15, -0.1) is 0 Å². The maximum absolute atomic E-state index is 13.7. The fraction of sp³-hybridized carbons (Fsp3) is 0.440. The van der Waals surface area contributed by atoms with Crippen LogP contribution in [-0.2, 0) is 6.54 Å². The summed E-state index contributed by atoms with van der Waals surface area (Å²) in [6.07, 6.45) is 0.207. The zero-order chi connectivity index (χ0) is 24.9. The van der Waals surface area contributed by atoms with Crippen LogP contribution in [0, 0.1) is 0 Å². The number of fused-ring (bicyclic) bond motifs is 1. The van der Waals surface area contributed by atoms with Crippen LogP contribution < -0.4 is 30.8 Å². The summed E-state index contributed by atoms with van der Waals surface area (Å²) in [5.41, 5.74) is 0.232. The molecular formula is C25H29F2N3O5. The molecule has 35 heavy (non-hydrogen) atoms. The minimum absolute atomic E-state index is 0.0155. The smallest absolute Gasteiger partial charge is 0.332 e.